The van der Waals surface area contributed by atoms with Crippen LogP contribution in [0.5, 0.6) is 0 Å². The number of ether oxygens (including phenoxy) is 1. The molecule has 1 saturated carbocycles. The number of nitrogens with zero attached hydrogens (tertiary/aromatic N) is 1. The van der Waals surface area contributed by atoms with E-state index in [1.54, 1.807) is 4.90 Å². The molecule has 1 aliphatic carbocycles. The highest BCUT2D eigenvalue weighted by atomic mass is 16.5. The third-order valence-electron chi connectivity index (χ3n) is 3.82. The van der Waals surface area contributed by atoms with Crippen LogP contribution in [-0.2, 0) is 14.3 Å². The van der Waals surface area contributed by atoms with Gasteiger partial charge in [-0.05, 0) is 12.8 Å². The largest absolute Gasteiger partial charge is 0.379 e. The van der Waals surface area contributed by atoms with E-state index in [1.807, 2.05) is 0 Å². The SMILES string of the molecule is NC(=O)CN(C(=O)C1COCC1N)C1CCCC1. The Kier molecular flexibility index (Phi) is 4.19. The quantitative estimate of drug-likeness (QED) is 0.688. The van der Waals surface area contributed by atoms with Crippen molar-refractivity contribution >= 4 is 11.8 Å². The minimum Gasteiger partial charge on any atom is -0.379 e. The summed E-state index contributed by atoms with van der Waals surface area (Å²) in [5.41, 5.74) is 11.1. The summed E-state index contributed by atoms with van der Waals surface area (Å²) in [7, 11) is 0. The van der Waals surface area contributed by atoms with Crippen LogP contribution < -0.4 is 11.5 Å². The summed E-state index contributed by atoms with van der Waals surface area (Å²) in [6.45, 7) is 0.750. The Labute approximate surface area is 107 Å². The van der Waals surface area contributed by atoms with Crippen molar-refractivity contribution in [1.82, 2.24) is 4.90 Å². The number of carbonyl (C=O) groups is 2. The molecule has 1 heterocycles. The Morgan fingerprint density at radius 2 is 1.89 bits per heavy atom. The molecule has 2 unspecified atom stereocenters. The zero-order valence-corrected chi connectivity index (χ0v) is 10.5. The molecule has 6 nitrogen and oxygen atoms in total. The van der Waals surface area contributed by atoms with Gasteiger partial charge in [-0.25, -0.2) is 0 Å². The molecule has 2 atom stereocenters. The van der Waals surface area contributed by atoms with Crippen molar-refractivity contribution in [2.24, 2.45) is 17.4 Å². The van der Waals surface area contributed by atoms with E-state index in [0.717, 1.165) is 25.7 Å². The Morgan fingerprint density at radius 3 is 2.39 bits per heavy atom. The van der Waals surface area contributed by atoms with E-state index in [1.165, 1.54) is 0 Å². The molecular weight excluding hydrogens is 234 g/mol. The second kappa shape index (κ2) is 5.67. The number of primary amides is 1. The molecule has 2 rings (SSSR count). The molecule has 0 spiro atoms. The minimum atomic E-state index is -0.470. The monoisotopic (exact) mass is 255 g/mol. The molecule has 2 amide bonds. The second-order valence-electron chi connectivity index (χ2n) is 5.18. The summed E-state index contributed by atoms with van der Waals surface area (Å²) in [5.74, 6) is -0.876. The van der Waals surface area contributed by atoms with E-state index >= 15 is 0 Å². The first-order valence-corrected chi connectivity index (χ1v) is 6.51. The number of nitrogens with two attached hydrogens (primary N) is 2. The van der Waals surface area contributed by atoms with Gasteiger partial charge in [0.2, 0.25) is 11.8 Å². The van der Waals surface area contributed by atoms with Crippen molar-refractivity contribution in [2.45, 2.75) is 37.8 Å². The summed E-state index contributed by atoms with van der Waals surface area (Å²) in [6.07, 6.45) is 4.09. The Bertz CT molecular complexity index is 329. The third kappa shape index (κ3) is 2.81. The minimum absolute atomic E-state index is 0.00722. The van der Waals surface area contributed by atoms with Gasteiger partial charge in [0.15, 0.2) is 0 Å². The van der Waals surface area contributed by atoms with Crippen molar-refractivity contribution in [3.63, 3.8) is 0 Å². The zero-order valence-electron chi connectivity index (χ0n) is 10.5. The van der Waals surface area contributed by atoms with Gasteiger partial charge in [0.1, 0.15) is 0 Å². The molecule has 2 fully saturated rings. The molecule has 1 aliphatic heterocycles. The fraction of sp³-hybridized carbons (Fsp3) is 0.833. The van der Waals surface area contributed by atoms with E-state index in [-0.39, 0.29) is 30.5 Å². The third-order valence-corrected chi connectivity index (χ3v) is 3.82. The average molecular weight is 255 g/mol. The predicted octanol–water partition coefficient (Wildman–Crippen LogP) is -0.783. The summed E-state index contributed by atoms with van der Waals surface area (Å²) in [4.78, 5) is 25.2. The molecule has 18 heavy (non-hydrogen) atoms. The highest BCUT2D eigenvalue weighted by molar-refractivity contribution is 5.86. The molecule has 0 bridgehead atoms. The van der Waals surface area contributed by atoms with E-state index in [9.17, 15) is 9.59 Å². The van der Waals surface area contributed by atoms with Crippen molar-refractivity contribution in [3.05, 3.63) is 0 Å². The highest BCUT2D eigenvalue weighted by Crippen LogP contribution is 2.26. The number of hydrogen-bond donors (Lipinski definition) is 2. The Balaban J connectivity index is 2.06. The molecule has 0 aromatic carbocycles. The van der Waals surface area contributed by atoms with Crippen LogP contribution in [0.15, 0.2) is 0 Å². The number of amides is 2. The topological polar surface area (TPSA) is 98.7 Å². The van der Waals surface area contributed by atoms with Crippen LogP contribution in [0.2, 0.25) is 0 Å². The molecule has 102 valence electrons. The van der Waals surface area contributed by atoms with Crippen molar-refractivity contribution in [3.8, 4) is 0 Å². The van der Waals surface area contributed by atoms with Gasteiger partial charge >= 0.3 is 0 Å². The molecule has 0 radical (unpaired) electrons. The smallest absolute Gasteiger partial charge is 0.237 e. The first kappa shape index (κ1) is 13.3. The van der Waals surface area contributed by atoms with Crippen LogP contribution >= 0.6 is 0 Å². The summed E-state index contributed by atoms with van der Waals surface area (Å²) < 4.78 is 5.22. The second-order valence-corrected chi connectivity index (χ2v) is 5.18. The van der Waals surface area contributed by atoms with E-state index in [2.05, 4.69) is 0 Å². The lowest BCUT2D eigenvalue weighted by atomic mass is 10.0. The lowest BCUT2D eigenvalue weighted by molar-refractivity contribution is -0.141. The number of rotatable bonds is 4. The van der Waals surface area contributed by atoms with Crippen LogP contribution in [0.1, 0.15) is 25.7 Å². The lowest BCUT2D eigenvalue weighted by Gasteiger charge is -2.30. The van der Waals surface area contributed by atoms with Crippen molar-refractivity contribution in [1.29, 1.82) is 0 Å². The fourth-order valence-electron chi connectivity index (χ4n) is 2.81. The molecule has 0 aromatic rings. The lowest BCUT2D eigenvalue weighted by Crippen LogP contribution is -2.50. The van der Waals surface area contributed by atoms with Gasteiger partial charge in [-0.1, -0.05) is 12.8 Å². The first-order chi connectivity index (χ1) is 8.59. The van der Waals surface area contributed by atoms with Crippen LogP contribution in [0.25, 0.3) is 0 Å². The van der Waals surface area contributed by atoms with Crippen LogP contribution in [0, 0.1) is 5.92 Å². The van der Waals surface area contributed by atoms with Gasteiger partial charge in [0.25, 0.3) is 0 Å². The van der Waals surface area contributed by atoms with Gasteiger partial charge in [-0.15, -0.1) is 0 Å². The van der Waals surface area contributed by atoms with E-state index in [4.69, 9.17) is 16.2 Å². The summed E-state index contributed by atoms with van der Waals surface area (Å²) in [5, 5.41) is 0. The number of hydrogen-bond acceptors (Lipinski definition) is 4. The maximum Gasteiger partial charge on any atom is 0.237 e. The van der Waals surface area contributed by atoms with Crippen LogP contribution in [-0.4, -0.2) is 48.6 Å². The standard InChI is InChI=1S/C12H21N3O3/c13-10-7-18-6-9(10)12(17)15(5-11(14)16)8-3-1-2-4-8/h8-10H,1-7,13H2,(H2,14,16). The van der Waals surface area contributed by atoms with Crippen LogP contribution in [0.4, 0.5) is 0 Å². The fourth-order valence-corrected chi connectivity index (χ4v) is 2.81. The maximum atomic E-state index is 12.4. The summed E-state index contributed by atoms with van der Waals surface area (Å²) >= 11 is 0. The molecule has 2 aliphatic rings. The van der Waals surface area contributed by atoms with E-state index in [0.29, 0.717) is 13.2 Å². The summed E-state index contributed by atoms with van der Waals surface area (Å²) in [6, 6.07) is -0.132. The van der Waals surface area contributed by atoms with Crippen molar-refractivity contribution < 1.29 is 14.3 Å². The van der Waals surface area contributed by atoms with Gasteiger partial charge in [-0.2, -0.15) is 0 Å². The van der Waals surface area contributed by atoms with Gasteiger partial charge in [-0.3, -0.25) is 9.59 Å². The normalized spacial score (nSPS) is 28.5. The predicted molar refractivity (Wildman–Crippen MR) is 65.4 cm³/mol. The van der Waals surface area contributed by atoms with Crippen molar-refractivity contribution in [2.75, 3.05) is 19.8 Å². The molecular formula is C12H21N3O3. The Hall–Kier alpha value is -1.14. The maximum absolute atomic E-state index is 12.4. The van der Waals surface area contributed by atoms with Gasteiger partial charge in [0.05, 0.1) is 25.7 Å². The van der Waals surface area contributed by atoms with Gasteiger partial charge in [0, 0.05) is 12.1 Å². The molecule has 0 aromatic heterocycles. The first-order valence-electron chi connectivity index (χ1n) is 6.51. The van der Waals surface area contributed by atoms with E-state index < -0.39 is 5.91 Å². The molecule has 1 saturated heterocycles. The molecule has 6 heteroatoms. The number of carbonyl (C=O) groups excluding carboxylic acids is 2. The average Bonchev–Trinajstić information content (AvgIpc) is 2.95. The van der Waals surface area contributed by atoms with Gasteiger partial charge < -0.3 is 21.1 Å². The highest BCUT2D eigenvalue weighted by Gasteiger charge is 2.37. The zero-order chi connectivity index (χ0) is 13.1. The molecule has 4 N–H and O–H groups in total. The van der Waals surface area contributed by atoms with Crippen LogP contribution in [0.3, 0.4) is 0 Å². The Morgan fingerprint density at radius 1 is 1.22 bits per heavy atom.